The number of ether oxygens (including phenoxy) is 1. The number of hydrogen-bond donors (Lipinski definition) is 1. The van der Waals surface area contributed by atoms with Crippen LogP contribution in [0.5, 0.6) is 5.75 Å². The second-order valence-electron chi connectivity index (χ2n) is 3.36. The van der Waals surface area contributed by atoms with Gasteiger partial charge in [0.25, 0.3) is 0 Å². The average Bonchev–Trinajstić information content (AvgIpc) is 2.78. The van der Waals surface area contributed by atoms with Crippen molar-refractivity contribution < 1.29 is 13.5 Å². The zero-order valence-corrected chi connectivity index (χ0v) is 8.87. The zero-order valence-electron chi connectivity index (χ0n) is 8.87. The summed E-state index contributed by atoms with van der Waals surface area (Å²) in [5.41, 5.74) is 1.68. The van der Waals surface area contributed by atoms with E-state index in [4.69, 9.17) is 9.15 Å². The highest BCUT2D eigenvalue weighted by molar-refractivity contribution is 5.49. The molecule has 1 aromatic heterocycles. The molecular weight excluding hydrogens is 209 g/mol. The monoisotopic (exact) mass is 221 g/mol. The maximum Gasteiger partial charge on any atom is 0.128 e. The van der Waals surface area contributed by atoms with Crippen molar-refractivity contribution >= 4 is 5.69 Å². The number of anilines is 1. The minimum absolute atomic E-state index is 0.325. The quantitative estimate of drug-likeness (QED) is 0.861. The average molecular weight is 221 g/mol. The lowest BCUT2D eigenvalue weighted by Gasteiger charge is -2.07. The Labute approximate surface area is 92.8 Å². The fraction of sp³-hybridized carbons (Fsp3) is 0.167. The third-order valence-electron chi connectivity index (χ3n) is 2.18. The highest BCUT2D eigenvalue weighted by Gasteiger charge is 2.01. The van der Waals surface area contributed by atoms with Crippen LogP contribution in [0.1, 0.15) is 5.56 Å². The van der Waals surface area contributed by atoms with Crippen molar-refractivity contribution in [2.45, 2.75) is 6.54 Å². The van der Waals surface area contributed by atoms with E-state index < -0.39 is 0 Å². The van der Waals surface area contributed by atoms with E-state index in [0.717, 1.165) is 5.56 Å². The van der Waals surface area contributed by atoms with E-state index in [2.05, 4.69) is 5.32 Å². The molecule has 2 rings (SSSR count). The molecule has 0 fully saturated rings. The predicted octanol–water partition coefficient (Wildman–Crippen LogP) is 3.04. The van der Waals surface area contributed by atoms with Crippen LogP contribution in [0.4, 0.5) is 10.1 Å². The highest BCUT2D eigenvalue weighted by Crippen LogP contribution is 2.20. The molecule has 2 aromatic rings. The smallest absolute Gasteiger partial charge is 0.128 e. The Morgan fingerprint density at radius 1 is 1.38 bits per heavy atom. The van der Waals surface area contributed by atoms with Crippen molar-refractivity contribution in [2.75, 3.05) is 12.4 Å². The van der Waals surface area contributed by atoms with Crippen molar-refractivity contribution in [2.24, 2.45) is 0 Å². The summed E-state index contributed by atoms with van der Waals surface area (Å²) in [5.74, 6) is 0.170. The first kappa shape index (κ1) is 10.5. The third-order valence-corrected chi connectivity index (χ3v) is 2.18. The van der Waals surface area contributed by atoms with E-state index in [1.807, 2.05) is 6.07 Å². The van der Waals surface area contributed by atoms with Crippen molar-refractivity contribution in [3.8, 4) is 5.75 Å². The van der Waals surface area contributed by atoms with Gasteiger partial charge in [0.1, 0.15) is 11.6 Å². The van der Waals surface area contributed by atoms with Crippen LogP contribution in [0, 0.1) is 5.82 Å². The van der Waals surface area contributed by atoms with Crippen LogP contribution in [-0.4, -0.2) is 7.11 Å². The van der Waals surface area contributed by atoms with Gasteiger partial charge in [-0.15, -0.1) is 0 Å². The van der Waals surface area contributed by atoms with Crippen LogP contribution in [0.2, 0.25) is 0 Å². The Bertz CT molecular complexity index is 454. The summed E-state index contributed by atoms with van der Waals surface area (Å²) in [6.07, 6.45) is 3.24. The first-order valence-electron chi connectivity index (χ1n) is 4.87. The third kappa shape index (κ3) is 2.53. The molecule has 1 aromatic carbocycles. The fourth-order valence-corrected chi connectivity index (χ4v) is 1.38. The van der Waals surface area contributed by atoms with Crippen molar-refractivity contribution in [1.82, 2.24) is 0 Å². The first-order valence-corrected chi connectivity index (χ1v) is 4.87. The van der Waals surface area contributed by atoms with Gasteiger partial charge in [0.2, 0.25) is 0 Å². The van der Waals surface area contributed by atoms with Crippen LogP contribution in [-0.2, 0) is 6.54 Å². The van der Waals surface area contributed by atoms with Gasteiger partial charge < -0.3 is 14.5 Å². The Balaban J connectivity index is 2.06. The second-order valence-corrected chi connectivity index (χ2v) is 3.36. The Morgan fingerprint density at radius 3 is 2.94 bits per heavy atom. The second kappa shape index (κ2) is 4.70. The largest absolute Gasteiger partial charge is 0.497 e. The predicted molar refractivity (Wildman–Crippen MR) is 59.0 cm³/mol. The van der Waals surface area contributed by atoms with Gasteiger partial charge in [-0.25, -0.2) is 4.39 Å². The number of benzene rings is 1. The maximum atomic E-state index is 13.1. The molecule has 0 aliphatic carbocycles. The number of rotatable bonds is 4. The van der Waals surface area contributed by atoms with Crippen molar-refractivity contribution in [3.05, 3.63) is 48.2 Å². The summed E-state index contributed by atoms with van der Waals surface area (Å²) in [7, 11) is 1.51. The van der Waals surface area contributed by atoms with E-state index in [-0.39, 0.29) is 5.82 Å². The Kier molecular flexibility index (Phi) is 3.10. The molecule has 0 spiro atoms. The molecule has 0 saturated carbocycles. The lowest BCUT2D eigenvalue weighted by molar-refractivity contribution is 0.411. The van der Waals surface area contributed by atoms with Gasteiger partial charge in [0.15, 0.2) is 0 Å². The van der Waals surface area contributed by atoms with Gasteiger partial charge in [-0.05, 0) is 12.1 Å². The van der Waals surface area contributed by atoms with Gasteiger partial charge in [0.05, 0.1) is 19.6 Å². The van der Waals surface area contributed by atoms with E-state index in [9.17, 15) is 4.39 Å². The van der Waals surface area contributed by atoms with Crippen LogP contribution in [0.3, 0.4) is 0 Å². The molecular formula is C12H12FNO2. The first-order chi connectivity index (χ1) is 7.78. The molecule has 84 valence electrons. The van der Waals surface area contributed by atoms with E-state index in [0.29, 0.717) is 18.0 Å². The van der Waals surface area contributed by atoms with Crippen molar-refractivity contribution in [1.29, 1.82) is 0 Å². The summed E-state index contributed by atoms with van der Waals surface area (Å²) in [6.45, 7) is 0.586. The Morgan fingerprint density at radius 2 is 2.25 bits per heavy atom. The number of furan rings is 1. The number of methoxy groups -OCH3 is 1. The fourth-order valence-electron chi connectivity index (χ4n) is 1.38. The normalized spacial score (nSPS) is 10.1. The lowest BCUT2D eigenvalue weighted by Crippen LogP contribution is -1.99. The van der Waals surface area contributed by atoms with Gasteiger partial charge in [-0.3, -0.25) is 0 Å². The van der Waals surface area contributed by atoms with Gasteiger partial charge >= 0.3 is 0 Å². The minimum Gasteiger partial charge on any atom is -0.497 e. The molecule has 0 aliphatic rings. The Hall–Kier alpha value is -1.97. The molecule has 4 heteroatoms. The van der Waals surface area contributed by atoms with Crippen LogP contribution < -0.4 is 10.1 Å². The standard InChI is InChI=1S/C12H12FNO2/c1-15-12-5-10(13)4-11(6-12)14-7-9-2-3-16-8-9/h2-6,8,14H,7H2,1H3. The molecule has 0 atom stereocenters. The lowest BCUT2D eigenvalue weighted by atomic mass is 10.2. The SMILES string of the molecule is COc1cc(F)cc(NCc2ccoc2)c1. The summed E-state index contributed by atoms with van der Waals surface area (Å²) >= 11 is 0. The van der Waals surface area contributed by atoms with E-state index in [1.54, 1.807) is 18.6 Å². The highest BCUT2D eigenvalue weighted by atomic mass is 19.1. The molecule has 16 heavy (non-hydrogen) atoms. The summed E-state index contributed by atoms with van der Waals surface area (Å²) in [6, 6.07) is 6.35. The molecule has 0 unspecified atom stereocenters. The van der Waals surface area contributed by atoms with E-state index >= 15 is 0 Å². The van der Waals surface area contributed by atoms with Crippen LogP contribution in [0.15, 0.2) is 41.2 Å². The summed E-state index contributed by atoms with van der Waals surface area (Å²) in [5, 5.41) is 3.08. The molecule has 0 amide bonds. The van der Waals surface area contributed by atoms with Crippen LogP contribution >= 0.6 is 0 Å². The van der Waals surface area contributed by atoms with E-state index in [1.165, 1.54) is 19.2 Å². The molecule has 3 nitrogen and oxygen atoms in total. The molecule has 1 heterocycles. The zero-order chi connectivity index (χ0) is 11.4. The summed E-state index contributed by atoms with van der Waals surface area (Å²) in [4.78, 5) is 0. The van der Waals surface area contributed by atoms with Gasteiger partial charge in [0, 0.05) is 29.9 Å². The van der Waals surface area contributed by atoms with Crippen molar-refractivity contribution in [3.63, 3.8) is 0 Å². The number of hydrogen-bond acceptors (Lipinski definition) is 3. The van der Waals surface area contributed by atoms with Crippen LogP contribution in [0.25, 0.3) is 0 Å². The molecule has 0 radical (unpaired) electrons. The number of halogens is 1. The number of nitrogens with one attached hydrogen (secondary N) is 1. The minimum atomic E-state index is -0.325. The molecule has 0 saturated heterocycles. The van der Waals surface area contributed by atoms with Gasteiger partial charge in [-0.2, -0.15) is 0 Å². The maximum absolute atomic E-state index is 13.1. The summed E-state index contributed by atoms with van der Waals surface area (Å²) < 4.78 is 23.0. The molecule has 1 N–H and O–H groups in total. The van der Waals surface area contributed by atoms with Gasteiger partial charge in [-0.1, -0.05) is 0 Å². The molecule has 0 aliphatic heterocycles. The topological polar surface area (TPSA) is 34.4 Å². The molecule has 0 bridgehead atoms.